The molecule has 15 heavy (non-hydrogen) atoms. The van der Waals surface area contributed by atoms with Crippen LogP contribution < -0.4 is 4.74 Å². The van der Waals surface area contributed by atoms with Crippen molar-refractivity contribution in [2.24, 2.45) is 0 Å². The lowest BCUT2D eigenvalue weighted by Gasteiger charge is -2.19. The van der Waals surface area contributed by atoms with Crippen molar-refractivity contribution in [2.45, 2.75) is 39.2 Å². The molecule has 0 saturated heterocycles. The molecular weight excluding hydrogens is 186 g/mol. The summed E-state index contributed by atoms with van der Waals surface area (Å²) in [5.74, 6) is 0.747. The molecule has 0 aliphatic carbocycles. The first-order chi connectivity index (χ1) is 6.93. The summed E-state index contributed by atoms with van der Waals surface area (Å²) in [6.07, 6.45) is -0.398. The topological polar surface area (TPSA) is 33.0 Å². The van der Waals surface area contributed by atoms with Crippen LogP contribution in [0, 0.1) is 11.3 Å². The van der Waals surface area contributed by atoms with E-state index in [1.165, 1.54) is 5.56 Å². The molecule has 0 N–H and O–H groups in total. The molecule has 0 heterocycles. The fourth-order valence-electron chi connectivity index (χ4n) is 1.26. The van der Waals surface area contributed by atoms with Gasteiger partial charge in [-0.05, 0) is 30.0 Å². The van der Waals surface area contributed by atoms with E-state index in [4.69, 9.17) is 10.00 Å². The summed E-state index contributed by atoms with van der Waals surface area (Å²) < 4.78 is 5.37. The summed E-state index contributed by atoms with van der Waals surface area (Å²) in [6, 6.07) is 9.94. The van der Waals surface area contributed by atoms with Crippen molar-refractivity contribution in [3.63, 3.8) is 0 Å². The third-order valence-electron chi connectivity index (χ3n) is 2.22. The van der Waals surface area contributed by atoms with Crippen molar-refractivity contribution in [2.75, 3.05) is 0 Å². The van der Waals surface area contributed by atoms with Gasteiger partial charge in [0.15, 0.2) is 6.10 Å². The van der Waals surface area contributed by atoms with Crippen LogP contribution in [0.25, 0.3) is 0 Å². The van der Waals surface area contributed by atoms with Crippen LogP contribution in [0.4, 0.5) is 0 Å². The van der Waals surface area contributed by atoms with Crippen molar-refractivity contribution < 1.29 is 4.74 Å². The average molecular weight is 203 g/mol. The molecule has 0 spiro atoms. The van der Waals surface area contributed by atoms with Crippen molar-refractivity contribution in [3.05, 3.63) is 29.8 Å². The Morgan fingerprint density at radius 3 is 2.13 bits per heavy atom. The summed E-state index contributed by atoms with van der Waals surface area (Å²) in [6.45, 7) is 8.24. The van der Waals surface area contributed by atoms with Gasteiger partial charge in [0.25, 0.3) is 0 Å². The molecule has 0 bridgehead atoms. The van der Waals surface area contributed by atoms with E-state index >= 15 is 0 Å². The Morgan fingerprint density at radius 1 is 1.20 bits per heavy atom. The number of hydrogen-bond donors (Lipinski definition) is 0. The first-order valence-corrected chi connectivity index (χ1v) is 5.10. The smallest absolute Gasteiger partial charge is 0.181 e. The van der Waals surface area contributed by atoms with Crippen LogP contribution in [-0.4, -0.2) is 6.10 Å². The van der Waals surface area contributed by atoms with Gasteiger partial charge in [0.05, 0.1) is 0 Å². The normalized spacial score (nSPS) is 13.0. The Bertz CT molecular complexity index is 354. The fraction of sp³-hybridized carbons (Fsp3) is 0.462. The monoisotopic (exact) mass is 203 g/mol. The lowest BCUT2D eigenvalue weighted by Crippen LogP contribution is -2.11. The standard InChI is InChI=1S/C13H17NO/c1-10(9-14)15-12-7-5-11(6-8-12)13(2,3)4/h5-8,10H,1-4H3. The molecule has 0 radical (unpaired) electrons. The minimum Gasteiger partial charge on any atom is -0.476 e. The highest BCUT2D eigenvalue weighted by Crippen LogP contribution is 2.24. The van der Waals surface area contributed by atoms with Gasteiger partial charge in [-0.15, -0.1) is 0 Å². The fourth-order valence-corrected chi connectivity index (χ4v) is 1.26. The van der Waals surface area contributed by atoms with Crippen molar-refractivity contribution in [1.29, 1.82) is 5.26 Å². The van der Waals surface area contributed by atoms with Crippen LogP contribution >= 0.6 is 0 Å². The van der Waals surface area contributed by atoms with Crippen LogP contribution in [0.3, 0.4) is 0 Å². The van der Waals surface area contributed by atoms with Crippen LogP contribution in [0.5, 0.6) is 5.75 Å². The first-order valence-electron chi connectivity index (χ1n) is 5.10. The molecule has 0 amide bonds. The number of nitriles is 1. The molecule has 0 aliphatic heterocycles. The van der Waals surface area contributed by atoms with E-state index in [-0.39, 0.29) is 5.41 Å². The van der Waals surface area contributed by atoms with E-state index in [0.29, 0.717) is 0 Å². The van der Waals surface area contributed by atoms with Gasteiger partial charge < -0.3 is 4.74 Å². The predicted octanol–water partition coefficient (Wildman–Crippen LogP) is 3.27. The van der Waals surface area contributed by atoms with Gasteiger partial charge in [-0.3, -0.25) is 0 Å². The molecule has 0 aromatic heterocycles. The van der Waals surface area contributed by atoms with E-state index in [1.807, 2.05) is 30.3 Å². The zero-order valence-corrected chi connectivity index (χ0v) is 9.74. The van der Waals surface area contributed by atoms with Gasteiger partial charge in [-0.25, -0.2) is 0 Å². The summed E-state index contributed by atoms with van der Waals surface area (Å²) in [4.78, 5) is 0. The third kappa shape index (κ3) is 3.28. The Balaban J connectivity index is 2.78. The highest BCUT2D eigenvalue weighted by atomic mass is 16.5. The Hall–Kier alpha value is -1.49. The van der Waals surface area contributed by atoms with E-state index in [1.54, 1.807) is 6.92 Å². The summed E-state index contributed by atoms with van der Waals surface area (Å²) in [5, 5.41) is 8.60. The number of hydrogen-bond acceptors (Lipinski definition) is 2. The predicted molar refractivity (Wildman–Crippen MR) is 60.8 cm³/mol. The second kappa shape index (κ2) is 4.35. The second-order valence-corrected chi connectivity index (χ2v) is 4.66. The third-order valence-corrected chi connectivity index (χ3v) is 2.22. The maximum absolute atomic E-state index is 8.60. The minimum atomic E-state index is -0.398. The number of rotatable bonds is 2. The van der Waals surface area contributed by atoms with Gasteiger partial charge >= 0.3 is 0 Å². The number of ether oxygens (including phenoxy) is 1. The van der Waals surface area contributed by atoms with E-state index in [0.717, 1.165) is 5.75 Å². The SMILES string of the molecule is CC(C#N)Oc1ccc(C(C)(C)C)cc1. The zero-order valence-electron chi connectivity index (χ0n) is 9.74. The summed E-state index contributed by atoms with van der Waals surface area (Å²) in [7, 11) is 0. The number of benzene rings is 1. The first kappa shape index (κ1) is 11.6. The Labute approximate surface area is 91.5 Å². The summed E-state index contributed by atoms with van der Waals surface area (Å²) >= 11 is 0. The molecule has 2 nitrogen and oxygen atoms in total. The van der Waals surface area contributed by atoms with Crippen molar-refractivity contribution in [3.8, 4) is 11.8 Å². The van der Waals surface area contributed by atoms with E-state index in [2.05, 4.69) is 20.8 Å². The molecule has 1 aromatic carbocycles. The highest BCUT2D eigenvalue weighted by Gasteiger charge is 2.13. The maximum Gasteiger partial charge on any atom is 0.181 e. The van der Waals surface area contributed by atoms with Gasteiger partial charge in [0, 0.05) is 0 Å². The van der Waals surface area contributed by atoms with Crippen LogP contribution in [0.2, 0.25) is 0 Å². The molecule has 1 unspecified atom stereocenters. The maximum atomic E-state index is 8.60. The molecule has 0 saturated carbocycles. The van der Waals surface area contributed by atoms with Crippen molar-refractivity contribution >= 4 is 0 Å². The van der Waals surface area contributed by atoms with Gasteiger partial charge in [-0.2, -0.15) is 5.26 Å². The molecule has 1 atom stereocenters. The minimum absolute atomic E-state index is 0.152. The molecule has 0 fully saturated rings. The van der Waals surface area contributed by atoms with Crippen LogP contribution in [0.15, 0.2) is 24.3 Å². The zero-order chi connectivity index (χ0) is 11.5. The Kier molecular flexibility index (Phi) is 3.36. The van der Waals surface area contributed by atoms with Gasteiger partial charge in [-0.1, -0.05) is 32.9 Å². The quantitative estimate of drug-likeness (QED) is 0.739. The molecule has 1 rings (SSSR count). The largest absolute Gasteiger partial charge is 0.476 e. The highest BCUT2D eigenvalue weighted by molar-refractivity contribution is 5.31. The number of nitrogens with zero attached hydrogens (tertiary/aromatic N) is 1. The average Bonchev–Trinajstić information content (AvgIpc) is 2.17. The van der Waals surface area contributed by atoms with E-state index in [9.17, 15) is 0 Å². The lowest BCUT2D eigenvalue weighted by molar-refractivity contribution is 0.276. The molecular formula is C13H17NO. The van der Waals surface area contributed by atoms with Crippen LogP contribution in [0.1, 0.15) is 33.3 Å². The second-order valence-electron chi connectivity index (χ2n) is 4.66. The lowest BCUT2D eigenvalue weighted by atomic mass is 9.87. The Morgan fingerprint density at radius 2 is 1.73 bits per heavy atom. The van der Waals surface area contributed by atoms with E-state index < -0.39 is 6.10 Å². The summed E-state index contributed by atoms with van der Waals surface area (Å²) in [5.41, 5.74) is 1.42. The van der Waals surface area contributed by atoms with Crippen molar-refractivity contribution in [1.82, 2.24) is 0 Å². The van der Waals surface area contributed by atoms with Gasteiger partial charge in [0.1, 0.15) is 11.8 Å². The molecule has 80 valence electrons. The van der Waals surface area contributed by atoms with Crippen LogP contribution in [-0.2, 0) is 5.41 Å². The molecule has 1 aromatic rings. The molecule has 0 aliphatic rings. The molecule has 2 heteroatoms. The van der Waals surface area contributed by atoms with Gasteiger partial charge in [0.2, 0.25) is 0 Å².